The summed E-state index contributed by atoms with van der Waals surface area (Å²) in [4.78, 5) is 7.89. The molecule has 0 aromatic carbocycles. The third-order valence-corrected chi connectivity index (χ3v) is 3.72. The fourth-order valence-corrected chi connectivity index (χ4v) is 1.97. The van der Waals surface area contributed by atoms with Crippen LogP contribution in [0.25, 0.3) is 0 Å². The van der Waals surface area contributed by atoms with Gasteiger partial charge in [-0.25, -0.2) is 9.97 Å². The SMILES string of the molecule is Fc1nc(C2CSC2)ncc1I. The molecule has 0 atom stereocenters. The third kappa shape index (κ3) is 1.56. The molecule has 64 valence electrons. The Hall–Kier alpha value is 0.0900. The zero-order chi connectivity index (χ0) is 8.55. The highest BCUT2D eigenvalue weighted by molar-refractivity contribution is 14.1. The van der Waals surface area contributed by atoms with Gasteiger partial charge in [0.1, 0.15) is 5.82 Å². The molecular weight excluding hydrogens is 290 g/mol. The van der Waals surface area contributed by atoms with Crippen LogP contribution < -0.4 is 0 Å². The first-order valence-electron chi connectivity index (χ1n) is 3.53. The predicted octanol–water partition coefficient (Wildman–Crippen LogP) is 2.05. The predicted molar refractivity (Wildman–Crippen MR) is 54.8 cm³/mol. The van der Waals surface area contributed by atoms with Gasteiger partial charge in [-0.15, -0.1) is 0 Å². The standard InChI is InChI=1S/C7H6FIN2S/c8-6-5(9)1-10-7(11-6)4-2-12-3-4/h1,4H,2-3H2. The highest BCUT2D eigenvalue weighted by atomic mass is 127. The molecule has 1 fully saturated rings. The Labute approximate surface area is 87.5 Å². The van der Waals surface area contributed by atoms with Crippen LogP contribution >= 0.6 is 34.4 Å². The van der Waals surface area contributed by atoms with Crippen molar-refractivity contribution < 1.29 is 4.39 Å². The number of hydrogen-bond donors (Lipinski definition) is 0. The first kappa shape index (κ1) is 8.68. The monoisotopic (exact) mass is 296 g/mol. The molecule has 1 aliphatic rings. The Balaban J connectivity index is 2.27. The second kappa shape index (κ2) is 3.45. The van der Waals surface area contributed by atoms with Gasteiger partial charge in [-0.05, 0) is 22.6 Å². The average Bonchev–Trinajstić information content (AvgIpc) is 1.93. The van der Waals surface area contributed by atoms with E-state index < -0.39 is 5.95 Å². The number of thioether (sulfide) groups is 1. The Morgan fingerprint density at radius 1 is 1.58 bits per heavy atom. The van der Waals surface area contributed by atoms with Gasteiger partial charge < -0.3 is 0 Å². The molecule has 0 spiro atoms. The van der Waals surface area contributed by atoms with Gasteiger partial charge in [-0.1, -0.05) is 0 Å². The van der Waals surface area contributed by atoms with E-state index in [-0.39, 0.29) is 0 Å². The summed E-state index contributed by atoms with van der Waals surface area (Å²) in [6.07, 6.45) is 1.54. The Kier molecular flexibility index (Phi) is 2.49. The van der Waals surface area contributed by atoms with Crippen LogP contribution in [0.4, 0.5) is 4.39 Å². The maximum absolute atomic E-state index is 12.9. The lowest BCUT2D eigenvalue weighted by atomic mass is 10.2. The molecule has 2 heterocycles. The molecule has 0 N–H and O–H groups in total. The average molecular weight is 296 g/mol. The summed E-state index contributed by atoms with van der Waals surface area (Å²) in [5, 5.41) is 0. The smallest absolute Gasteiger partial charge is 0.229 e. The van der Waals surface area contributed by atoms with Crippen molar-refractivity contribution in [2.75, 3.05) is 11.5 Å². The summed E-state index contributed by atoms with van der Waals surface area (Å²) in [5.41, 5.74) is 0. The molecule has 0 aliphatic carbocycles. The quantitative estimate of drug-likeness (QED) is 0.586. The molecule has 12 heavy (non-hydrogen) atoms. The molecule has 5 heteroatoms. The minimum absolute atomic E-state index is 0.376. The first-order chi connectivity index (χ1) is 5.77. The van der Waals surface area contributed by atoms with Gasteiger partial charge in [0, 0.05) is 23.6 Å². The van der Waals surface area contributed by atoms with Crippen molar-refractivity contribution in [3.63, 3.8) is 0 Å². The van der Waals surface area contributed by atoms with Gasteiger partial charge >= 0.3 is 0 Å². The summed E-state index contributed by atoms with van der Waals surface area (Å²) >= 11 is 3.74. The van der Waals surface area contributed by atoms with E-state index in [9.17, 15) is 4.39 Å². The van der Waals surface area contributed by atoms with Crippen molar-refractivity contribution in [1.29, 1.82) is 0 Å². The van der Waals surface area contributed by atoms with Gasteiger partial charge in [-0.3, -0.25) is 0 Å². The van der Waals surface area contributed by atoms with E-state index in [1.54, 1.807) is 6.20 Å². The van der Waals surface area contributed by atoms with Crippen molar-refractivity contribution in [1.82, 2.24) is 9.97 Å². The van der Waals surface area contributed by atoms with E-state index in [2.05, 4.69) is 9.97 Å². The molecule has 0 unspecified atom stereocenters. The van der Waals surface area contributed by atoms with E-state index in [0.29, 0.717) is 15.3 Å². The lowest BCUT2D eigenvalue weighted by Gasteiger charge is -2.22. The molecule has 0 radical (unpaired) electrons. The summed E-state index contributed by atoms with van der Waals surface area (Å²) in [6, 6.07) is 0. The summed E-state index contributed by atoms with van der Waals surface area (Å²) in [6.45, 7) is 0. The Bertz CT molecular complexity index is 303. The van der Waals surface area contributed by atoms with Crippen LogP contribution in [0.3, 0.4) is 0 Å². The molecule has 1 aliphatic heterocycles. The molecular formula is C7H6FIN2S. The molecule has 0 saturated carbocycles. The number of hydrogen-bond acceptors (Lipinski definition) is 3. The van der Waals surface area contributed by atoms with Gasteiger partial charge in [0.2, 0.25) is 5.95 Å². The Morgan fingerprint density at radius 2 is 2.33 bits per heavy atom. The minimum atomic E-state index is -0.391. The van der Waals surface area contributed by atoms with Crippen LogP contribution in [0.15, 0.2) is 6.20 Å². The van der Waals surface area contributed by atoms with E-state index in [4.69, 9.17) is 0 Å². The zero-order valence-corrected chi connectivity index (χ0v) is 9.10. The van der Waals surface area contributed by atoms with Crippen molar-refractivity contribution in [2.45, 2.75) is 5.92 Å². The van der Waals surface area contributed by atoms with Crippen LogP contribution in [0, 0.1) is 9.52 Å². The maximum atomic E-state index is 12.9. The van der Waals surface area contributed by atoms with Gasteiger partial charge in [0.05, 0.1) is 3.57 Å². The van der Waals surface area contributed by atoms with Crippen molar-refractivity contribution in [3.8, 4) is 0 Å². The van der Waals surface area contributed by atoms with E-state index in [1.807, 2.05) is 34.4 Å². The van der Waals surface area contributed by atoms with Crippen LogP contribution in [0.2, 0.25) is 0 Å². The van der Waals surface area contributed by atoms with Crippen LogP contribution in [0.1, 0.15) is 11.7 Å². The molecule has 2 rings (SSSR count). The van der Waals surface area contributed by atoms with E-state index in [1.165, 1.54) is 0 Å². The summed E-state index contributed by atoms with van der Waals surface area (Å²) in [5.74, 6) is 2.70. The lowest BCUT2D eigenvalue weighted by Crippen LogP contribution is -2.19. The fourth-order valence-electron chi connectivity index (χ4n) is 0.940. The normalized spacial score (nSPS) is 17.5. The van der Waals surface area contributed by atoms with Crippen LogP contribution in [0.5, 0.6) is 0 Å². The summed E-state index contributed by atoms with van der Waals surface area (Å²) < 4.78 is 13.4. The van der Waals surface area contributed by atoms with Crippen molar-refractivity contribution in [3.05, 3.63) is 21.5 Å². The fraction of sp³-hybridized carbons (Fsp3) is 0.429. The molecule has 2 nitrogen and oxygen atoms in total. The van der Waals surface area contributed by atoms with Crippen molar-refractivity contribution >= 4 is 34.4 Å². The molecule has 1 aromatic rings. The topological polar surface area (TPSA) is 25.8 Å². The molecule has 1 saturated heterocycles. The van der Waals surface area contributed by atoms with E-state index >= 15 is 0 Å². The molecule has 0 bridgehead atoms. The lowest BCUT2D eigenvalue weighted by molar-refractivity contribution is 0.554. The maximum Gasteiger partial charge on any atom is 0.229 e. The number of nitrogens with zero attached hydrogens (tertiary/aromatic N) is 2. The van der Waals surface area contributed by atoms with Crippen LogP contribution in [-0.2, 0) is 0 Å². The largest absolute Gasteiger partial charge is 0.240 e. The number of aromatic nitrogens is 2. The highest BCUT2D eigenvalue weighted by Crippen LogP contribution is 2.31. The number of halogens is 2. The van der Waals surface area contributed by atoms with Crippen molar-refractivity contribution in [2.24, 2.45) is 0 Å². The zero-order valence-electron chi connectivity index (χ0n) is 6.13. The first-order valence-corrected chi connectivity index (χ1v) is 5.76. The Morgan fingerprint density at radius 3 is 2.83 bits per heavy atom. The van der Waals surface area contributed by atoms with Gasteiger partial charge in [-0.2, -0.15) is 16.2 Å². The van der Waals surface area contributed by atoms with Crippen LogP contribution in [-0.4, -0.2) is 21.5 Å². The second-order valence-electron chi connectivity index (χ2n) is 2.60. The minimum Gasteiger partial charge on any atom is -0.240 e. The highest BCUT2D eigenvalue weighted by Gasteiger charge is 2.23. The number of rotatable bonds is 1. The molecule has 1 aromatic heterocycles. The second-order valence-corrected chi connectivity index (χ2v) is 4.84. The van der Waals surface area contributed by atoms with Gasteiger partial charge in [0.25, 0.3) is 0 Å². The third-order valence-electron chi connectivity index (χ3n) is 1.72. The van der Waals surface area contributed by atoms with E-state index in [0.717, 1.165) is 11.5 Å². The molecule has 0 amide bonds. The summed E-state index contributed by atoms with van der Waals surface area (Å²) in [7, 11) is 0. The van der Waals surface area contributed by atoms with Gasteiger partial charge in [0.15, 0.2) is 0 Å².